The molecule has 0 radical (unpaired) electrons. The lowest BCUT2D eigenvalue weighted by Crippen LogP contribution is -2.57. The molecule has 3 saturated heterocycles. The number of likely N-dealkylation sites (tertiary alicyclic amines) is 3. The molecule has 0 aromatic heterocycles. The van der Waals surface area contributed by atoms with Crippen molar-refractivity contribution in [1.82, 2.24) is 35.6 Å². The molecule has 0 spiro atoms. The maximum atomic E-state index is 13.5. The summed E-state index contributed by atoms with van der Waals surface area (Å²) in [5, 5.41) is 29.4. The van der Waals surface area contributed by atoms with E-state index >= 15 is 0 Å². The number of aromatic hydroxyl groups is 2. The largest absolute Gasteiger partial charge is 0.508 e. The van der Waals surface area contributed by atoms with Crippen molar-refractivity contribution in [2.75, 3.05) is 58.9 Å². The number of rotatable bonds is 13. The number of benzene rings is 2. The van der Waals surface area contributed by atoms with Crippen LogP contribution >= 0.6 is 0 Å². The summed E-state index contributed by atoms with van der Waals surface area (Å²) < 4.78 is 25.6. The Morgan fingerprint density at radius 2 is 1.08 bits per heavy atom. The van der Waals surface area contributed by atoms with Crippen molar-refractivity contribution in [2.24, 2.45) is 41.2 Å². The Morgan fingerprint density at radius 3 is 1.51 bits per heavy atom. The number of hydrogen-bond acceptors (Lipinski definition) is 11. The van der Waals surface area contributed by atoms with E-state index in [2.05, 4.69) is 93.0 Å². The minimum Gasteiger partial charge on any atom is -0.508 e. The van der Waals surface area contributed by atoms with Gasteiger partial charge in [0.25, 0.3) is 0 Å². The van der Waals surface area contributed by atoms with Gasteiger partial charge in [-0.1, -0.05) is 89.3 Å². The molecular formula is C60H110N8O6. The zero-order valence-electron chi connectivity index (χ0n) is 50.6. The van der Waals surface area contributed by atoms with Crippen LogP contribution in [-0.2, 0) is 40.3 Å². The van der Waals surface area contributed by atoms with Gasteiger partial charge in [-0.15, -0.1) is 0 Å². The number of nitrogens with zero attached hydrogens (tertiary/aromatic N) is 4. The second-order valence-electron chi connectivity index (χ2n) is 24.4. The third-order valence-corrected chi connectivity index (χ3v) is 15.8. The van der Waals surface area contributed by atoms with Crippen LogP contribution in [0.15, 0.2) is 36.4 Å². The molecule has 5 aliphatic heterocycles. The van der Waals surface area contributed by atoms with E-state index in [1.165, 1.54) is 56.5 Å². The molecule has 3 fully saturated rings. The molecule has 426 valence electrons. The van der Waals surface area contributed by atoms with Gasteiger partial charge >= 0.3 is 6.09 Å². The summed E-state index contributed by atoms with van der Waals surface area (Å²) in [5.74, 6) is 4.17. The molecule has 0 saturated carbocycles. The van der Waals surface area contributed by atoms with Crippen molar-refractivity contribution in [3.05, 3.63) is 58.7 Å². The Kier molecular flexibility index (Phi) is 24.8. The van der Waals surface area contributed by atoms with Gasteiger partial charge in [-0.05, 0) is 187 Å². The smallest absolute Gasteiger partial charge is 0.411 e. The first kappa shape index (κ1) is 60.9. The van der Waals surface area contributed by atoms with Crippen LogP contribution < -0.4 is 21.7 Å². The molecule has 0 bridgehead atoms. The number of carbonyl (C=O) groups excluding carboxylic acids is 3. The molecule has 5 atom stereocenters. The zero-order chi connectivity index (χ0) is 56.9. The fourth-order valence-corrected chi connectivity index (χ4v) is 10.2. The van der Waals surface area contributed by atoms with Crippen LogP contribution in [0.5, 0.6) is 11.5 Å². The van der Waals surface area contributed by atoms with Crippen molar-refractivity contribution >= 4 is 17.9 Å². The molecule has 2 aromatic carbocycles. The fourth-order valence-electron chi connectivity index (χ4n) is 10.2. The van der Waals surface area contributed by atoms with Gasteiger partial charge in [-0.2, -0.15) is 0 Å². The molecule has 7 rings (SSSR count). The minimum absolute atomic E-state index is 0. The van der Waals surface area contributed by atoms with Crippen LogP contribution in [0.2, 0.25) is 0 Å². The number of hydrogen-bond donors (Lipinski definition) is 6. The van der Waals surface area contributed by atoms with Crippen LogP contribution in [0.3, 0.4) is 0 Å². The van der Waals surface area contributed by atoms with E-state index in [1.807, 2.05) is 32.9 Å². The Hall–Kier alpha value is -3.95. The number of fused-ring (bicyclic) bond motifs is 2. The average molecular weight is 1040 g/mol. The third-order valence-electron chi connectivity index (χ3n) is 15.8. The minimum atomic E-state index is -0.664. The van der Waals surface area contributed by atoms with Gasteiger partial charge in [-0.25, -0.2) is 4.79 Å². The summed E-state index contributed by atoms with van der Waals surface area (Å²) >= 11 is 0. The number of piperidine rings is 3. The number of phenolic OH excluding ortho intramolecular Hbond substituents is 2. The first-order chi connectivity index (χ1) is 35.9. The lowest BCUT2D eigenvalue weighted by Gasteiger charge is -2.39. The highest BCUT2D eigenvalue weighted by molar-refractivity contribution is 5.87. The summed E-state index contributed by atoms with van der Waals surface area (Å²) in [5.41, 5.74) is 9.41. The van der Waals surface area contributed by atoms with Gasteiger partial charge in [0.1, 0.15) is 23.1 Å². The Morgan fingerprint density at radius 1 is 0.662 bits per heavy atom. The molecular weight excluding hydrogens is 929 g/mol. The molecule has 2 aromatic rings. The zero-order valence-corrected chi connectivity index (χ0v) is 46.6. The van der Waals surface area contributed by atoms with Gasteiger partial charge in [0.2, 0.25) is 11.8 Å². The van der Waals surface area contributed by atoms with E-state index in [9.17, 15) is 24.6 Å². The summed E-state index contributed by atoms with van der Waals surface area (Å²) in [6.07, 6.45) is 8.16. The number of ether oxygens (including phenoxy) is 1. The van der Waals surface area contributed by atoms with Crippen LogP contribution in [0.25, 0.3) is 0 Å². The Labute approximate surface area is 455 Å². The molecule has 3 amide bonds. The lowest BCUT2D eigenvalue weighted by atomic mass is 9.92. The second-order valence-corrected chi connectivity index (χ2v) is 24.4. The van der Waals surface area contributed by atoms with E-state index in [0.29, 0.717) is 37.3 Å². The average Bonchev–Trinajstić information content (AvgIpc) is 3.38. The topological polar surface area (TPSA) is 176 Å². The molecule has 0 aliphatic carbocycles. The molecule has 5 aliphatic rings. The van der Waals surface area contributed by atoms with Crippen LogP contribution in [0.4, 0.5) is 4.79 Å². The van der Waals surface area contributed by atoms with Gasteiger partial charge in [0.15, 0.2) is 0 Å². The van der Waals surface area contributed by atoms with Gasteiger partial charge in [0, 0.05) is 56.7 Å². The quantitative estimate of drug-likeness (QED) is 0.113. The Balaban J connectivity index is 0.000000602. The number of amides is 3. The summed E-state index contributed by atoms with van der Waals surface area (Å²) in [6.45, 7) is 36.1. The van der Waals surface area contributed by atoms with Gasteiger partial charge < -0.3 is 51.3 Å². The summed E-state index contributed by atoms with van der Waals surface area (Å²) in [4.78, 5) is 48.4. The molecule has 5 heterocycles. The van der Waals surface area contributed by atoms with Crippen molar-refractivity contribution in [1.29, 1.82) is 0 Å². The highest BCUT2D eigenvalue weighted by Crippen LogP contribution is 2.29. The number of nitrogens with one attached hydrogen (secondary N) is 3. The summed E-state index contributed by atoms with van der Waals surface area (Å²) in [6, 6.07) is 10.2. The van der Waals surface area contributed by atoms with Crippen molar-refractivity contribution < 1.29 is 35.3 Å². The molecule has 74 heavy (non-hydrogen) atoms. The van der Waals surface area contributed by atoms with Crippen LogP contribution in [0.1, 0.15) is 165 Å². The summed E-state index contributed by atoms with van der Waals surface area (Å²) in [7, 11) is 0. The monoisotopic (exact) mass is 1040 g/mol. The standard InChI is InChI=1S/C26H41N3O4.C21H33N3O2.C11H24N2.2CH4.2H2/c1-17(2)22(16-28-11-9-18(3)10-12-28)27-24(31)23-14-19-7-8-21(30)13-20(19)15-29(23)25(32)33-26(4,5)6;1-14(2)20(13-24-8-6-15(3)7-9-24)23-21(26)19-11-16-4-5-18(25)10-17(16)12-22-19;1-9(2)11(12)8-13-6-4-10(3)5-7-13;;;;/h7-8,13,17-18,22-23,30H,9-12,14-16H2,1-6H3,(H,27,31);4-5,10,14-15,19-20,22,25H,6-9,11-13H2,1-3H3,(H,23,26);9-11H,4-8,12H2,1-3H3;2*1H4;2*1H/t22-,23+;19-,20+;11-;;;;/m101..../s1/i;;;;;2*1+1D. The predicted octanol–water partition coefficient (Wildman–Crippen LogP) is 9.67. The maximum absolute atomic E-state index is 13.5. The number of carbonyl (C=O) groups is 3. The first-order valence-corrected chi connectivity index (χ1v) is 27.8. The van der Waals surface area contributed by atoms with E-state index in [4.69, 9.17) is 16.4 Å². The highest BCUT2D eigenvalue weighted by Gasteiger charge is 2.39. The van der Waals surface area contributed by atoms with Crippen molar-refractivity contribution in [3.8, 4) is 11.5 Å². The van der Waals surface area contributed by atoms with E-state index < -0.39 is 17.7 Å². The molecule has 0 unspecified atom stereocenters. The lowest BCUT2D eigenvalue weighted by molar-refractivity contribution is -0.128. The number of phenols is 2. The van der Waals surface area contributed by atoms with E-state index in [0.717, 1.165) is 85.8 Å². The van der Waals surface area contributed by atoms with Crippen LogP contribution in [-0.4, -0.2) is 142 Å². The Bertz CT molecular complexity index is 2020. The molecule has 14 nitrogen and oxygen atoms in total. The molecule has 14 heteroatoms. The predicted molar refractivity (Wildman–Crippen MR) is 308 cm³/mol. The van der Waals surface area contributed by atoms with Crippen molar-refractivity contribution in [2.45, 2.75) is 198 Å². The molecule has 7 N–H and O–H groups in total. The number of nitrogens with two attached hydrogens (primary N) is 1. The van der Waals surface area contributed by atoms with E-state index in [-0.39, 0.29) is 68.8 Å². The second kappa shape index (κ2) is 30.1. The normalized spacial score (nSPS) is 21.8. The first-order valence-electron chi connectivity index (χ1n) is 29.8. The fraction of sp³-hybridized carbons (Fsp3) is 0.750. The highest BCUT2D eigenvalue weighted by atomic mass is 16.6. The SMILES string of the molecule is C.C.CC1CCN(C[C@@H](N)C(C)C)CC1.CC1CCN(C[C@@H](NC(=O)[C@@H]2Cc3ccc(O)cc3CN2)C(C)C)CC1.CC1CCN(C[C@@H](NC(=O)[C@@H]2Cc3ccc(O)cc3CN2C(=O)OC(C)(C)C)C(C)C)CC1.[2H][2H].[2H][2H]. The van der Waals surface area contributed by atoms with Gasteiger partial charge in [-0.3, -0.25) is 14.5 Å². The van der Waals surface area contributed by atoms with Gasteiger partial charge in [0.05, 0.1) is 12.6 Å². The van der Waals surface area contributed by atoms with Crippen molar-refractivity contribution in [3.63, 3.8) is 0 Å². The van der Waals surface area contributed by atoms with Crippen LogP contribution in [0, 0.1) is 35.5 Å². The van der Waals surface area contributed by atoms with E-state index in [1.54, 1.807) is 24.3 Å². The maximum Gasteiger partial charge on any atom is 0.411 e. The third kappa shape index (κ3) is 20.5.